The fourth-order valence-electron chi connectivity index (χ4n) is 2.03. The summed E-state index contributed by atoms with van der Waals surface area (Å²) in [6, 6.07) is 2.45. The SMILES string of the molecule is CNC(C)CC(C)(C)c1ccc(F)c(F)c1F. The summed E-state index contributed by atoms with van der Waals surface area (Å²) in [7, 11) is 1.81. The van der Waals surface area contributed by atoms with Gasteiger partial charge in [0.15, 0.2) is 17.5 Å². The van der Waals surface area contributed by atoms with Crippen molar-refractivity contribution in [2.45, 2.75) is 38.6 Å². The molecule has 96 valence electrons. The van der Waals surface area contributed by atoms with E-state index in [0.29, 0.717) is 6.42 Å². The normalized spacial score (nSPS) is 13.8. The monoisotopic (exact) mass is 245 g/mol. The van der Waals surface area contributed by atoms with Crippen LogP contribution in [-0.2, 0) is 5.41 Å². The lowest BCUT2D eigenvalue weighted by Crippen LogP contribution is -2.31. The Hall–Kier alpha value is -1.03. The van der Waals surface area contributed by atoms with E-state index in [-0.39, 0.29) is 11.6 Å². The van der Waals surface area contributed by atoms with Crippen molar-refractivity contribution in [1.29, 1.82) is 0 Å². The molecule has 1 nitrogen and oxygen atoms in total. The van der Waals surface area contributed by atoms with Gasteiger partial charge in [-0.3, -0.25) is 0 Å². The van der Waals surface area contributed by atoms with Gasteiger partial charge in [-0.1, -0.05) is 19.9 Å². The molecule has 0 aromatic heterocycles. The van der Waals surface area contributed by atoms with Gasteiger partial charge >= 0.3 is 0 Å². The van der Waals surface area contributed by atoms with E-state index in [0.717, 1.165) is 6.07 Å². The van der Waals surface area contributed by atoms with Crippen LogP contribution in [0.25, 0.3) is 0 Å². The molecule has 0 radical (unpaired) electrons. The molecule has 0 aliphatic rings. The lowest BCUT2D eigenvalue weighted by Gasteiger charge is -2.29. The number of halogens is 3. The van der Waals surface area contributed by atoms with Crippen molar-refractivity contribution < 1.29 is 13.2 Å². The molecule has 1 rings (SSSR count). The molecular formula is C13H18F3N. The van der Waals surface area contributed by atoms with Gasteiger partial charge in [0, 0.05) is 6.04 Å². The maximum Gasteiger partial charge on any atom is 0.194 e. The molecule has 1 aromatic carbocycles. The van der Waals surface area contributed by atoms with Gasteiger partial charge < -0.3 is 5.32 Å². The molecule has 0 spiro atoms. The minimum absolute atomic E-state index is 0.164. The molecule has 1 atom stereocenters. The Morgan fingerprint density at radius 3 is 2.29 bits per heavy atom. The van der Waals surface area contributed by atoms with Crippen LogP contribution in [0.15, 0.2) is 12.1 Å². The molecule has 1 N–H and O–H groups in total. The molecule has 1 aromatic rings. The third-order valence-corrected chi connectivity index (χ3v) is 3.07. The van der Waals surface area contributed by atoms with E-state index in [9.17, 15) is 13.2 Å². The largest absolute Gasteiger partial charge is 0.317 e. The summed E-state index contributed by atoms with van der Waals surface area (Å²) in [5, 5.41) is 3.05. The summed E-state index contributed by atoms with van der Waals surface area (Å²) in [5.41, 5.74) is -0.348. The lowest BCUT2D eigenvalue weighted by atomic mass is 9.79. The highest BCUT2D eigenvalue weighted by atomic mass is 19.2. The summed E-state index contributed by atoms with van der Waals surface area (Å²) in [6.45, 7) is 5.59. The van der Waals surface area contributed by atoms with Crippen LogP contribution in [0.1, 0.15) is 32.8 Å². The highest BCUT2D eigenvalue weighted by Crippen LogP contribution is 2.32. The van der Waals surface area contributed by atoms with Crippen LogP contribution >= 0.6 is 0 Å². The standard InChI is InChI=1S/C13H18F3N/c1-8(17-4)7-13(2,3)9-5-6-10(14)12(16)11(9)15/h5-6,8,17H,7H2,1-4H3. The van der Waals surface area contributed by atoms with Crippen molar-refractivity contribution >= 4 is 0 Å². The number of hydrogen-bond acceptors (Lipinski definition) is 1. The molecule has 0 aliphatic carbocycles. The van der Waals surface area contributed by atoms with Gasteiger partial charge in [-0.2, -0.15) is 0 Å². The average Bonchev–Trinajstić information content (AvgIpc) is 2.24. The first-order valence-corrected chi connectivity index (χ1v) is 5.61. The smallest absolute Gasteiger partial charge is 0.194 e. The van der Waals surface area contributed by atoms with Gasteiger partial charge in [-0.05, 0) is 37.4 Å². The minimum Gasteiger partial charge on any atom is -0.317 e. The molecule has 0 aliphatic heterocycles. The van der Waals surface area contributed by atoms with Crippen LogP contribution in [0.5, 0.6) is 0 Å². The maximum absolute atomic E-state index is 13.7. The first-order chi connectivity index (χ1) is 7.79. The third kappa shape index (κ3) is 3.00. The Labute approximate surface area is 100 Å². The van der Waals surface area contributed by atoms with Crippen LogP contribution < -0.4 is 5.32 Å². The van der Waals surface area contributed by atoms with Crippen molar-refractivity contribution in [1.82, 2.24) is 5.32 Å². The Balaban J connectivity index is 3.11. The van der Waals surface area contributed by atoms with Crippen molar-refractivity contribution in [3.8, 4) is 0 Å². The number of nitrogens with one attached hydrogen (secondary N) is 1. The Morgan fingerprint density at radius 2 is 1.76 bits per heavy atom. The highest BCUT2D eigenvalue weighted by molar-refractivity contribution is 5.27. The first-order valence-electron chi connectivity index (χ1n) is 5.61. The van der Waals surface area contributed by atoms with E-state index in [2.05, 4.69) is 5.32 Å². The Morgan fingerprint density at radius 1 is 1.18 bits per heavy atom. The van der Waals surface area contributed by atoms with Gasteiger partial charge in [-0.15, -0.1) is 0 Å². The van der Waals surface area contributed by atoms with Crippen LogP contribution in [0.4, 0.5) is 13.2 Å². The van der Waals surface area contributed by atoms with Gasteiger partial charge in [0.1, 0.15) is 0 Å². The van der Waals surface area contributed by atoms with E-state index in [1.165, 1.54) is 6.07 Å². The van der Waals surface area contributed by atoms with E-state index < -0.39 is 22.9 Å². The van der Waals surface area contributed by atoms with Crippen LogP contribution in [-0.4, -0.2) is 13.1 Å². The second-order valence-corrected chi connectivity index (χ2v) is 5.00. The minimum atomic E-state index is -1.40. The number of benzene rings is 1. The number of hydrogen-bond donors (Lipinski definition) is 1. The molecule has 1 unspecified atom stereocenters. The zero-order valence-electron chi connectivity index (χ0n) is 10.6. The average molecular weight is 245 g/mol. The topological polar surface area (TPSA) is 12.0 Å². The fraction of sp³-hybridized carbons (Fsp3) is 0.538. The Bertz CT molecular complexity index is 402. The molecule has 0 amide bonds. The van der Waals surface area contributed by atoms with Crippen molar-refractivity contribution in [2.75, 3.05) is 7.05 Å². The summed E-state index contributed by atoms with van der Waals surface area (Å²) in [4.78, 5) is 0. The van der Waals surface area contributed by atoms with Gasteiger partial charge in [0.25, 0.3) is 0 Å². The second kappa shape index (κ2) is 5.08. The molecule has 0 fully saturated rings. The molecule has 0 saturated heterocycles. The first kappa shape index (κ1) is 14.0. The molecule has 17 heavy (non-hydrogen) atoms. The van der Waals surface area contributed by atoms with E-state index >= 15 is 0 Å². The van der Waals surface area contributed by atoms with E-state index in [4.69, 9.17) is 0 Å². The van der Waals surface area contributed by atoms with Crippen LogP contribution in [0.3, 0.4) is 0 Å². The zero-order chi connectivity index (χ0) is 13.2. The molecule has 0 heterocycles. The lowest BCUT2D eigenvalue weighted by molar-refractivity contribution is 0.372. The highest BCUT2D eigenvalue weighted by Gasteiger charge is 2.28. The van der Waals surface area contributed by atoms with Crippen molar-refractivity contribution in [3.63, 3.8) is 0 Å². The van der Waals surface area contributed by atoms with Gasteiger partial charge in [0.2, 0.25) is 0 Å². The molecule has 4 heteroatoms. The molecular weight excluding hydrogens is 227 g/mol. The fourth-order valence-corrected chi connectivity index (χ4v) is 2.03. The van der Waals surface area contributed by atoms with Crippen molar-refractivity contribution in [3.05, 3.63) is 35.1 Å². The molecule has 0 saturated carbocycles. The maximum atomic E-state index is 13.7. The van der Waals surface area contributed by atoms with Gasteiger partial charge in [-0.25, -0.2) is 13.2 Å². The second-order valence-electron chi connectivity index (χ2n) is 5.00. The van der Waals surface area contributed by atoms with Gasteiger partial charge in [0.05, 0.1) is 0 Å². The third-order valence-electron chi connectivity index (χ3n) is 3.07. The quantitative estimate of drug-likeness (QED) is 0.802. The summed E-state index contributed by atoms with van der Waals surface area (Å²) in [5.74, 6) is -3.63. The predicted octanol–water partition coefficient (Wildman–Crippen LogP) is 3.38. The predicted molar refractivity (Wildman–Crippen MR) is 62.5 cm³/mol. The van der Waals surface area contributed by atoms with E-state index in [1.54, 1.807) is 0 Å². The zero-order valence-corrected chi connectivity index (χ0v) is 10.6. The number of rotatable bonds is 4. The van der Waals surface area contributed by atoms with Crippen LogP contribution in [0, 0.1) is 17.5 Å². The summed E-state index contributed by atoms with van der Waals surface area (Å²) >= 11 is 0. The summed E-state index contributed by atoms with van der Waals surface area (Å²) < 4.78 is 39.7. The van der Waals surface area contributed by atoms with Crippen LogP contribution in [0.2, 0.25) is 0 Å². The van der Waals surface area contributed by atoms with E-state index in [1.807, 2.05) is 27.8 Å². The Kier molecular flexibility index (Phi) is 4.20. The van der Waals surface area contributed by atoms with Crippen molar-refractivity contribution in [2.24, 2.45) is 0 Å². The molecule has 0 bridgehead atoms. The summed E-state index contributed by atoms with van der Waals surface area (Å²) in [6.07, 6.45) is 0.630.